The van der Waals surface area contributed by atoms with Gasteiger partial charge in [0.05, 0.1) is 12.3 Å². The third-order valence-electron chi connectivity index (χ3n) is 3.57. The zero-order valence-corrected chi connectivity index (χ0v) is 13.0. The molecule has 23 heavy (non-hydrogen) atoms. The second-order valence-electron chi connectivity index (χ2n) is 5.56. The average molecular weight is 308 g/mol. The van der Waals surface area contributed by atoms with Crippen molar-refractivity contribution in [1.82, 2.24) is 9.97 Å². The number of hydrogen-bond acceptors (Lipinski definition) is 6. The zero-order valence-electron chi connectivity index (χ0n) is 13.0. The maximum Gasteiger partial charge on any atom is 0.168 e. The van der Waals surface area contributed by atoms with Crippen LogP contribution in [0.3, 0.4) is 0 Å². The summed E-state index contributed by atoms with van der Waals surface area (Å²) in [5.41, 5.74) is 1.87. The van der Waals surface area contributed by atoms with Gasteiger partial charge < -0.3 is 9.64 Å². The third-order valence-corrected chi connectivity index (χ3v) is 3.57. The Bertz CT molecular complexity index is 796. The van der Waals surface area contributed by atoms with Gasteiger partial charge >= 0.3 is 0 Å². The minimum absolute atomic E-state index is 0.0389. The summed E-state index contributed by atoms with van der Waals surface area (Å²) in [6.07, 6.45) is 3.04. The van der Waals surface area contributed by atoms with Crippen LogP contribution in [0.1, 0.15) is 35.5 Å². The van der Waals surface area contributed by atoms with Crippen molar-refractivity contribution in [3.05, 3.63) is 41.2 Å². The van der Waals surface area contributed by atoms with Gasteiger partial charge in [-0.15, -0.1) is 0 Å². The van der Waals surface area contributed by atoms with E-state index in [4.69, 9.17) is 4.74 Å². The van der Waals surface area contributed by atoms with Gasteiger partial charge in [-0.3, -0.25) is 4.79 Å². The number of nitrogens with zero attached hydrogens (tertiary/aromatic N) is 4. The Morgan fingerprint density at radius 3 is 2.96 bits per heavy atom. The number of anilines is 2. The molecule has 0 amide bonds. The number of aldehydes is 1. The molecule has 0 aromatic carbocycles. The molecule has 1 aliphatic heterocycles. The maximum atomic E-state index is 11.0. The molecule has 1 aliphatic rings. The summed E-state index contributed by atoms with van der Waals surface area (Å²) in [5, 5.41) is 9.18. The molecule has 6 heteroatoms. The highest BCUT2D eigenvalue weighted by Gasteiger charge is 2.24. The number of carbonyl (C=O) groups excluding carboxylic acids is 1. The van der Waals surface area contributed by atoms with Gasteiger partial charge in [0.2, 0.25) is 0 Å². The predicted octanol–water partition coefficient (Wildman–Crippen LogP) is 2.64. The number of nitriles is 1. The number of fused-ring (bicyclic) bond motifs is 1. The van der Waals surface area contributed by atoms with E-state index in [1.807, 2.05) is 24.8 Å². The molecule has 0 aliphatic carbocycles. The lowest BCUT2D eigenvalue weighted by molar-refractivity contribution is 0.111. The number of carbonyl (C=O) groups is 1. The van der Waals surface area contributed by atoms with Gasteiger partial charge in [-0.1, -0.05) is 6.07 Å². The molecule has 0 saturated carbocycles. The number of hydrogen-bond donors (Lipinski definition) is 0. The number of aromatic nitrogens is 2. The van der Waals surface area contributed by atoms with Crippen molar-refractivity contribution in [2.45, 2.75) is 26.4 Å². The van der Waals surface area contributed by atoms with E-state index in [9.17, 15) is 10.1 Å². The van der Waals surface area contributed by atoms with Gasteiger partial charge in [-0.05, 0) is 31.9 Å². The lowest BCUT2D eigenvalue weighted by atomic mass is 10.2. The van der Waals surface area contributed by atoms with Crippen molar-refractivity contribution in [3.63, 3.8) is 0 Å². The molecule has 0 fully saturated rings. The van der Waals surface area contributed by atoms with Crippen molar-refractivity contribution >= 4 is 17.9 Å². The van der Waals surface area contributed by atoms with E-state index in [0.29, 0.717) is 22.8 Å². The van der Waals surface area contributed by atoms with E-state index in [2.05, 4.69) is 16.0 Å². The Labute approximate surface area is 134 Å². The maximum absolute atomic E-state index is 11.0. The molecule has 6 nitrogen and oxygen atoms in total. The smallest absolute Gasteiger partial charge is 0.168 e. The van der Waals surface area contributed by atoms with Crippen LogP contribution in [0.5, 0.6) is 5.75 Å². The standard InChI is InChI=1S/C17H16N4O2/c1-11(2)23-15-7-16(19-9-13(15)8-18)21-6-5-12-3-4-14(10-22)20-17(12)21/h3-4,7,9-11H,5-6H2,1-2H3. The Kier molecular flexibility index (Phi) is 3.94. The molecule has 0 spiro atoms. The third kappa shape index (κ3) is 2.86. The predicted molar refractivity (Wildman–Crippen MR) is 85.1 cm³/mol. The largest absolute Gasteiger partial charge is 0.489 e. The lowest BCUT2D eigenvalue weighted by Gasteiger charge is -2.19. The molecule has 0 saturated heterocycles. The highest BCUT2D eigenvalue weighted by Crippen LogP contribution is 2.34. The molecule has 0 radical (unpaired) electrons. The first-order valence-electron chi connectivity index (χ1n) is 7.42. The molecule has 2 aromatic rings. The number of pyridine rings is 2. The van der Waals surface area contributed by atoms with Crippen molar-refractivity contribution in [2.75, 3.05) is 11.4 Å². The summed E-state index contributed by atoms with van der Waals surface area (Å²) in [7, 11) is 0. The second kappa shape index (κ2) is 6.05. The average Bonchev–Trinajstić information content (AvgIpc) is 2.97. The topological polar surface area (TPSA) is 79.1 Å². The van der Waals surface area contributed by atoms with Crippen LogP contribution in [0, 0.1) is 11.3 Å². The first-order chi connectivity index (χ1) is 11.1. The monoisotopic (exact) mass is 308 g/mol. The van der Waals surface area contributed by atoms with Gasteiger partial charge in [0.25, 0.3) is 0 Å². The van der Waals surface area contributed by atoms with Gasteiger partial charge in [0.1, 0.15) is 34.7 Å². The number of ether oxygens (including phenoxy) is 1. The molecule has 0 unspecified atom stereocenters. The summed E-state index contributed by atoms with van der Waals surface area (Å²) < 4.78 is 5.70. The van der Waals surface area contributed by atoms with E-state index >= 15 is 0 Å². The Hall–Kier alpha value is -2.94. The molecule has 0 atom stereocenters. The Balaban J connectivity index is 2.01. The fourth-order valence-electron chi connectivity index (χ4n) is 2.56. The second-order valence-corrected chi connectivity index (χ2v) is 5.56. The van der Waals surface area contributed by atoms with E-state index in [1.165, 1.54) is 6.20 Å². The van der Waals surface area contributed by atoms with Crippen LogP contribution < -0.4 is 9.64 Å². The fraction of sp³-hybridized carbons (Fsp3) is 0.294. The van der Waals surface area contributed by atoms with E-state index in [0.717, 1.165) is 30.6 Å². The van der Waals surface area contributed by atoms with E-state index in [1.54, 1.807) is 12.1 Å². The minimum atomic E-state index is -0.0389. The SMILES string of the molecule is CC(C)Oc1cc(N2CCc3ccc(C=O)nc32)ncc1C#N. The summed E-state index contributed by atoms with van der Waals surface area (Å²) in [6, 6.07) is 7.48. The Morgan fingerprint density at radius 1 is 1.43 bits per heavy atom. The summed E-state index contributed by atoms with van der Waals surface area (Å²) in [5.74, 6) is 1.91. The van der Waals surface area contributed by atoms with E-state index in [-0.39, 0.29) is 6.10 Å². The van der Waals surface area contributed by atoms with Crippen LogP contribution >= 0.6 is 0 Å². The van der Waals surface area contributed by atoms with Gasteiger partial charge in [0, 0.05) is 12.6 Å². The van der Waals surface area contributed by atoms with Crippen LogP contribution in [-0.4, -0.2) is 28.9 Å². The van der Waals surface area contributed by atoms with Crippen LogP contribution in [-0.2, 0) is 6.42 Å². The van der Waals surface area contributed by atoms with Gasteiger partial charge in [-0.2, -0.15) is 5.26 Å². The van der Waals surface area contributed by atoms with Crippen LogP contribution in [0.25, 0.3) is 0 Å². The van der Waals surface area contributed by atoms with Crippen LogP contribution in [0.2, 0.25) is 0 Å². The van der Waals surface area contributed by atoms with Crippen LogP contribution in [0.4, 0.5) is 11.6 Å². The first kappa shape index (κ1) is 15.0. The first-order valence-corrected chi connectivity index (χ1v) is 7.42. The van der Waals surface area contributed by atoms with Gasteiger partial charge in [0.15, 0.2) is 6.29 Å². The summed E-state index contributed by atoms with van der Waals surface area (Å²) >= 11 is 0. The molecule has 3 rings (SSSR count). The molecule has 0 N–H and O–H groups in total. The van der Waals surface area contributed by atoms with Crippen molar-refractivity contribution in [1.29, 1.82) is 5.26 Å². The quantitative estimate of drug-likeness (QED) is 0.808. The molecular formula is C17H16N4O2. The molecule has 116 valence electrons. The van der Waals surface area contributed by atoms with Crippen molar-refractivity contribution < 1.29 is 9.53 Å². The summed E-state index contributed by atoms with van der Waals surface area (Å²) in [6.45, 7) is 4.54. The highest BCUT2D eigenvalue weighted by molar-refractivity contribution is 5.75. The fourth-order valence-corrected chi connectivity index (χ4v) is 2.56. The van der Waals surface area contributed by atoms with Crippen LogP contribution in [0.15, 0.2) is 24.4 Å². The Morgan fingerprint density at radius 2 is 2.26 bits per heavy atom. The molecular weight excluding hydrogens is 292 g/mol. The molecule has 0 bridgehead atoms. The highest BCUT2D eigenvalue weighted by atomic mass is 16.5. The van der Waals surface area contributed by atoms with Gasteiger partial charge in [-0.25, -0.2) is 9.97 Å². The van der Waals surface area contributed by atoms with Crippen molar-refractivity contribution in [3.8, 4) is 11.8 Å². The number of rotatable bonds is 4. The molecule has 2 aromatic heterocycles. The zero-order chi connectivity index (χ0) is 16.4. The summed E-state index contributed by atoms with van der Waals surface area (Å²) in [4.78, 5) is 21.6. The molecule has 3 heterocycles. The van der Waals surface area contributed by atoms with E-state index < -0.39 is 0 Å². The lowest BCUT2D eigenvalue weighted by Crippen LogP contribution is -2.17. The van der Waals surface area contributed by atoms with Crippen molar-refractivity contribution in [2.24, 2.45) is 0 Å². The minimum Gasteiger partial charge on any atom is -0.489 e. The normalized spacial score (nSPS) is 12.9.